The quantitative estimate of drug-likeness (QED) is 0.594. The minimum atomic E-state index is -0.297. The van der Waals surface area contributed by atoms with Crippen LogP contribution in [0.4, 0.5) is 0 Å². The molecule has 1 aromatic rings. The van der Waals surface area contributed by atoms with Gasteiger partial charge in [0.05, 0.1) is 6.20 Å². The molecule has 0 atom stereocenters. The molecule has 0 spiro atoms. The lowest BCUT2D eigenvalue weighted by Crippen LogP contribution is -2.26. The first kappa shape index (κ1) is 10.4. The molecule has 1 fully saturated rings. The number of nitrogens with one attached hydrogen (secondary N) is 1. The van der Waals surface area contributed by atoms with Crippen LogP contribution in [0.25, 0.3) is 6.08 Å². The summed E-state index contributed by atoms with van der Waals surface area (Å²) in [5, 5.41) is 15.6. The van der Waals surface area contributed by atoms with Gasteiger partial charge in [-0.15, -0.1) is 0 Å². The number of nitriles is 1. The van der Waals surface area contributed by atoms with E-state index in [1.807, 2.05) is 6.07 Å². The summed E-state index contributed by atoms with van der Waals surface area (Å²) in [6, 6.07) is 2.17. The molecule has 16 heavy (non-hydrogen) atoms. The summed E-state index contributed by atoms with van der Waals surface area (Å²) in [7, 11) is 1.79. The molecule has 5 heteroatoms. The van der Waals surface area contributed by atoms with Crippen molar-refractivity contribution in [3.63, 3.8) is 0 Å². The molecule has 1 N–H and O–H groups in total. The number of hydrogen-bond acceptors (Lipinski definition) is 3. The van der Waals surface area contributed by atoms with Gasteiger partial charge in [0.15, 0.2) is 0 Å². The molecule has 1 heterocycles. The Hall–Kier alpha value is -2.09. The van der Waals surface area contributed by atoms with Crippen molar-refractivity contribution in [3.05, 3.63) is 23.5 Å². The smallest absolute Gasteiger partial charge is 0.262 e. The third-order valence-corrected chi connectivity index (χ3v) is 2.31. The van der Waals surface area contributed by atoms with Gasteiger partial charge in [-0.05, 0) is 18.9 Å². The summed E-state index contributed by atoms with van der Waals surface area (Å²) in [6.45, 7) is 0. The molecule has 1 saturated carbocycles. The summed E-state index contributed by atoms with van der Waals surface area (Å²) in [5.74, 6) is -0.297. The van der Waals surface area contributed by atoms with Gasteiger partial charge in [0.1, 0.15) is 11.6 Å². The molecule has 1 aliphatic carbocycles. The first-order valence-electron chi connectivity index (χ1n) is 5.10. The Kier molecular flexibility index (Phi) is 2.73. The van der Waals surface area contributed by atoms with Crippen LogP contribution in [0, 0.1) is 11.3 Å². The SMILES string of the molecule is Cn1cc(/C=C(\C#N)C(=O)NC2CC2)cn1. The number of carbonyl (C=O) groups is 1. The summed E-state index contributed by atoms with van der Waals surface area (Å²) < 4.78 is 1.62. The van der Waals surface area contributed by atoms with Crippen LogP contribution in [0.15, 0.2) is 18.0 Å². The molecule has 5 nitrogen and oxygen atoms in total. The van der Waals surface area contributed by atoms with E-state index in [4.69, 9.17) is 5.26 Å². The molecule has 82 valence electrons. The fourth-order valence-electron chi connectivity index (χ4n) is 1.32. The number of amides is 1. The Balaban J connectivity index is 2.11. The fourth-order valence-corrected chi connectivity index (χ4v) is 1.32. The van der Waals surface area contributed by atoms with Crippen LogP contribution in [-0.2, 0) is 11.8 Å². The van der Waals surface area contributed by atoms with Crippen molar-refractivity contribution in [1.29, 1.82) is 5.26 Å². The van der Waals surface area contributed by atoms with Gasteiger partial charge in [0.2, 0.25) is 0 Å². The monoisotopic (exact) mass is 216 g/mol. The number of aryl methyl sites for hydroxylation is 1. The molecule has 0 aromatic carbocycles. The van der Waals surface area contributed by atoms with Crippen LogP contribution in [0.2, 0.25) is 0 Å². The van der Waals surface area contributed by atoms with E-state index in [0.29, 0.717) is 0 Å². The second-order valence-electron chi connectivity index (χ2n) is 3.86. The Labute approximate surface area is 93.4 Å². The van der Waals surface area contributed by atoms with Gasteiger partial charge in [-0.2, -0.15) is 10.4 Å². The molecule has 2 rings (SSSR count). The summed E-state index contributed by atoms with van der Waals surface area (Å²) in [4.78, 5) is 11.6. The molecular weight excluding hydrogens is 204 g/mol. The lowest BCUT2D eigenvalue weighted by atomic mass is 10.2. The highest BCUT2D eigenvalue weighted by atomic mass is 16.1. The lowest BCUT2D eigenvalue weighted by Gasteiger charge is -1.99. The van der Waals surface area contributed by atoms with Crippen LogP contribution in [0.5, 0.6) is 0 Å². The van der Waals surface area contributed by atoms with E-state index in [1.165, 1.54) is 0 Å². The van der Waals surface area contributed by atoms with Crippen LogP contribution in [0.1, 0.15) is 18.4 Å². The summed E-state index contributed by atoms with van der Waals surface area (Å²) in [5.41, 5.74) is 0.880. The van der Waals surface area contributed by atoms with Gasteiger partial charge < -0.3 is 5.32 Å². The molecule has 0 aliphatic heterocycles. The fraction of sp³-hybridized carbons (Fsp3) is 0.364. The van der Waals surface area contributed by atoms with Crippen LogP contribution in [-0.4, -0.2) is 21.7 Å². The van der Waals surface area contributed by atoms with E-state index in [0.717, 1.165) is 18.4 Å². The molecule has 1 amide bonds. The van der Waals surface area contributed by atoms with E-state index in [1.54, 1.807) is 30.2 Å². The predicted molar refractivity (Wildman–Crippen MR) is 58.0 cm³/mol. The van der Waals surface area contributed by atoms with E-state index in [9.17, 15) is 4.79 Å². The van der Waals surface area contributed by atoms with Crippen LogP contribution < -0.4 is 5.32 Å². The Morgan fingerprint density at radius 1 is 1.75 bits per heavy atom. The zero-order valence-corrected chi connectivity index (χ0v) is 8.97. The lowest BCUT2D eigenvalue weighted by molar-refractivity contribution is -0.117. The zero-order valence-electron chi connectivity index (χ0n) is 8.97. The molecule has 0 unspecified atom stereocenters. The normalized spacial score (nSPS) is 15.6. The van der Waals surface area contributed by atoms with Crippen molar-refractivity contribution in [2.75, 3.05) is 0 Å². The van der Waals surface area contributed by atoms with Gasteiger partial charge in [0.25, 0.3) is 5.91 Å². The van der Waals surface area contributed by atoms with E-state index < -0.39 is 0 Å². The minimum absolute atomic E-state index is 0.125. The second kappa shape index (κ2) is 4.19. The zero-order chi connectivity index (χ0) is 11.5. The van der Waals surface area contributed by atoms with Crippen molar-refractivity contribution in [2.24, 2.45) is 7.05 Å². The van der Waals surface area contributed by atoms with Gasteiger partial charge in [-0.25, -0.2) is 0 Å². The van der Waals surface area contributed by atoms with E-state index >= 15 is 0 Å². The minimum Gasteiger partial charge on any atom is -0.349 e. The first-order chi connectivity index (χ1) is 7.69. The highest BCUT2D eigenvalue weighted by Gasteiger charge is 2.24. The summed E-state index contributed by atoms with van der Waals surface area (Å²) >= 11 is 0. The maximum absolute atomic E-state index is 11.6. The Bertz CT molecular complexity index is 476. The first-order valence-corrected chi connectivity index (χ1v) is 5.10. The van der Waals surface area contributed by atoms with Crippen molar-refractivity contribution < 1.29 is 4.79 Å². The average Bonchev–Trinajstić information content (AvgIpc) is 2.97. The maximum atomic E-state index is 11.6. The molecular formula is C11H12N4O. The third kappa shape index (κ3) is 2.48. The van der Waals surface area contributed by atoms with E-state index in [-0.39, 0.29) is 17.5 Å². The molecule has 0 saturated heterocycles. The highest BCUT2D eigenvalue weighted by Crippen LogP contribution is 2.19. The highest BCUT2D eigenvalue weighted by molar-refractivity contribution is 6.01. The molecule has 0 bridgehead atoms. The molecule has 1 aromatic heterocycles. The van der Waals surface area contributed by atoms with Crippen LogP contribution in [0.3, 0.4) is 0 Å². The number of nitrogens with zero attached hydrogens (tertiary/aromatic N) is 3. The topological polar surface area (TPSA) is 70.7 Å². The van der Waals surface area contributed by atoms with Gasteiger partial charge in [0, 0.05) is 24.8 Å². The number of rotatable bonds is 3. The van der Waals surface area contributed by atoms with Crippen molar-refractivity contribution in [3.8, 4) is 6.07 Å². The van der Waals surface area contributed by atoms with Gasteiger partial charge in [-0.3, -0.25) is 9.48 Å². The average molecular weight is 216 g/mol. The van der Waals surface area contributed by atoms with Gasteiger partial charge in [-0.1, -0.05) is 0 Å². The van der Waals surface area contributed by atoms with Crippen molar-refractivity contribution >= 4 is 12.0 Å². The van der Waals surface area contributed by atoms with E-state index in [2.05, 4.69) is 10.4 Å². The summed E-state index contributed by atoms with van der Waals surface area (Å²) in [6.07, 6.45) is 6.93. The Morgan fingerprint density at radius 2 is 2.50 bits per heavy atom. The van der Waals surface area contributed by atoms with Crippen LogP contribution >= 0.6 is 0 Å². The van der Waals surface area contributed by atoms with Crippen molar-refractivity contribution in [1.82, 2.24) is 15.1 Å². The number of hydrogen-bond donors (Lipinski definition) is 1. The largest absolute Gasteiger partial charge is 0.349 e. The predicted octanol–water partition coefficient (Wildman–Crippen LogP) is 0.606. The van der Waals surface area contributed by atoms with Gasteiger partial charge >= 0.3 is 0 Å². The van der Waals surface area contributed by atoms with Crippen molar-refractivity contribution in [2.45, 2.75) is 18.9 Å². The molecule has 0 radical (unpaired) electrons. The second-order valence-corrected chi connectivity index (χ2v) is 3.86. The maximum Gasteiger partial charge on any atom is 0.262 e. The number of carbonyl (C=O) groups excluding carboxylic acids is 1. The number of aromatic nitrogens is 2. The molecule has 1 aliphatic rings. The standard InChI is InChI=1S/C11H12N4O/c1-15-7-8(6-13-15)4-9(5-12)11(16)14-10-2-3-10/h4,6-7,10H,2-3H2,1H3,(H,14,16)/b9-4+. The third-order valence-electron chi connectivity index (χ3n) is 2.31. The Morgan fingerprint density at radius 3 is 3.00 bits per heavy atom.